The van der Waals surface area contributed by atoms with E-state index < -0.39 is 5.97 Å². The van der Waals surface area contributed by atoms with Crippen LogP contribution < -0.4 is 9.30 Å². The zero-order chi connectivity index (χ0) is 11.0. The monoisotopic (exact) mass is 206 g/mol. The van der Waals surface area contributed by atoms with E-state index in [-0.39, 0.29) is 5.69 Å². The van der Waals surface area contributed by atoms with Crippen molar-refractivity contribution >= 4 is 17.4 Å². The maximum Gasteiger partial charge on any atom is 0.371 e. The topological polar surface area (TPSA) is 60.4 Å². The number of imidazole rings is 1. The zero-order valence-corrected chi connectivity index (χ0v) is 8.56. The van der Waals surface area contributed by atoms with Crippen molar-refractivity contribution in [3.8, 4) is 0 Å². The maximum atomic E-state index is 11.0. The number of carboxylic acids is 1. The minimum atomic E-state index is -0.952. The lowest BCUT2D eigenvalue weighted by molar-refractivity contribution is -0.497. The molecular weight excluding hydrogens is 194 g/mol. The van der Waals surface area contributed by atoms with Crippen molar-refractivity contribution in [2.75, 3.05) is 19.0 Å². The Labute approximate surface area is 86.6 Å². The normalized spacial score (nSPS) is 10.5. The Bertz CT molecular complexity index is 516. The lowest BCUT2D eigenvalue weighted by atomic mass is 10.3. The van der Waals surface area contributed by atoms with Crippen molar-refractivity contribution < 1.29 is 14.3 Å². The van der Waals surface area contributed by atoms with E-state index in [1.54, 1.807) is 6.07 Å². The fraction of sp³-hybridized carbons (Fsp3) is 0.200. The summed E-state index contributed by atoms with van der Waals surface area (Å²) in [6, 6.07) is 5.45. The molecule has 0 saturated heterocycles. The average molecular weight is 206 g/mol. The number of fused-ring (bicyclic) bond motifs is 1. The largest absolute Gasteiger partial charge is 0.475 e. The van der Waals surface area contributed by atoms with Gasteiger partial charge in [-0.1, -0.05) is 6.07 Å². The molecule has 15 heavy (non-hydrogen) atoms. The molecule has 0 radical (unpaired) electrons. The van der Waals surface area contributed by atoms with Gasteiger partial charge >= 0.3 is 11.9 Å². The van der Waals surface area contributed by atoms with Crippen LogP contribution in [0.4, 0.5) is 5.95 Å². The van der Waals surface area contributed by atoms with Crippen LogP contribution in [0.2, 0.25) is 0 Å². The van der Waals surface area contributed by atoms with Gasteiger partial charge in [-0.2, -0.15) is 0 Å². The molecule has 0 unspecified atom stereocenters. The van der Waals surface area contributed by atoms with Gasteiger partial charge in [0.2, 0.25) is 5.69 Å². The molecule has 0 aromatic carbocycles. The minimum Gasteiger partial charge on any atom is -0.475 e. The molecule has 0 fully saturated rings. The molecule has 0 amide bonds. The van der Waals surface area contributed by atoms with Gasteiger partial charge in [-0.15, -0.1) is 0 Å². The van der Waals surface area contributed by atoms with Crippen LogP contribution in [0.3, 0.4) is 0 Å². The number of rotatable bonds is 2. The number of pyridine rings is 1. The highest BCUT2D eigenvalue weighted by Crippen LogP contribution is 2.10. The van der Waals surface area contributed by atoms with E-state index in [4.69, 9.17) is 5.11 Å². The number of aromatic carboxylic acids is 1. The molecule has 2 heterocycles. The Morgan fingerprint density at radius 2 is 2.20 bits per heavy atom. The summed E-state index contributed by atoms with van der Waals surface area (Å²) in [4.78, 5) is 15.7. The van der Waals surface area contributed by atoms with Gasteiger partial charge in [-0.25, -0.2) is 14.2 Å². The summed E-state index contributed by atoms with van der Waals surface area (Å²) >= 11 is 0. The van der Waals surface area contributed by atoms with Crippen LogP contribution in [0.5, 0.6) is 0 Å². The molecule has 78 valence electrons. The van der Waals surface area contributed by atoms with Crippen molar-refractivity contribution in [3.05, 3.63) is 30.1 Å². The summed E-state index contributed by atoms with van der Waals surface area (Å²) in [5.74, 6) is -0.213. The molecule has 0 aliphatic rings. The van der Waals surface area contributed by atoms with Crippen molar-refractivity contribution in [2.45, 2.75) is 0 Å². The second-order valence-corrected chi connectivity index (χ2v) is 3.48. The molecule has 2 rings (SSSR count). The number of anilines is 1. The Morgan fingerprint density at radius 3 is 2.80 bits per heavy atom. The SMILES string of the molecule is CN(C)c1[nH]c(C(=O)O)c2cccc[n+]12. The molecule has 0 spiro atoms. The second-order valence-electron chi connectivity index (χ2n) is 3.48. The number of nitrogens with zero attached hydrogens (tertiary/aromatic N) is 2. The summed E-state index contributed by atoms with van der Waals surface area (Å²) in [7, 11) is 3.72. The summed E-state index contributed by atoms with van der Waals surface area (Å²) in [5, 5.41) is 9.01. The number of nitrogens with one attached hydrogen (secondary N) is 1. The molecule has 5 nitrogen and oxygen atoms in total. The van der Waals surface area contributed by atoms with Gasteiger partial charge in [0.05, 0.1) is 20.3 Å². The third kappa shape index (κ3) is 1.41. The molecule has 0 saturated carbocycles. The first kappa shape index (κ1) is 9.51. The predicted octanol–water partition coefficient (Wildman–Crippen LogP) is 0.518. The molecule has 0 atom stereocenters. The van der Waals surface area contributed by atoms with E-state index in [1.807, 2.05) is 41.7 Å². The Morgan fingerprint density at radius 1 is 1.47 bits per heavy atom. The number of carboxylic acid groups (broad SMARTS) is 1. The van der Waals surface area contributed by atoms with Crippen LogP contribution in [0.15, 0.2) is 24.4 Å². The summed E-state index contributed by atoms with van der Waals surface area (Å²) in [5.41, 5.74) is 0.869. The second kappa shape index (κ2) is 3.27. The van der Waals surface area contributed by atoms with E-state index in [2.05, 4.69) is 4.98 Å². The maximum absolute atomic E-state index is 11.0. The summed E-state index contributed by atoms with van der Waals surface area (Å²) in [6.07, 6.45) is 1.83. The summed E-state index contributed by atoms with van der Waals surface area (Å²) in [6.45, 7) is 0. The predicted molar refractivity (Wildman–Crippen MR) is 55.2 cm³/mol. The van der Waals surface area contributed by atoms with Gasteiger partial charge in [0, 0.05) is 0 Å². The fourth-order valence-electron chi connectivity index (χ4n) is 1.56. The van der Waals surface area contributed by atoms with Crippen molar-refractivity contribution in [3.63, 3.8) is 0 Å². The van der Waals surface area contributed by atoms with Crippen LogP contribution in [-0.4, -0.2) is 30.2 Å². The third-order valence-electron chi connectivity index (χ3n) is 2.22. The van der Waals surface area contributed by atoms with Crippen LogP contribution >= 0.6 is 0 Å². The minimum absolute atomic E-state index is 0.208. The molecule has 2 N–H and O–H groups in total. The smallest absolute Gasteiger partial charge is 0.371 e. The molecule has 0 aliphatic heterocycles. The molecule has 0 aliphatic carbocycles. The molecule has 2 aromatic heterocycles. The summed E-state index contributed by atoms with van der Waals surface area (Å²) < 4.78 is 1.81. The highest BCUT2D eigenvalue weighted by atomic mass is 16.4. The van der Waals surface area contributed by atoms with E-state index in [0.29, 0.717) is 5.52 Å². The zero-order valence-electron chi connectivity index (χ0n) is 8.56. The third-order valence-corrected chi connectivity index (χ3v) is 2.22. The van der Waals surface area contributed by atoms with Gasteiger partial charge in [-0.3, -0.25) is 4.90 Å². The number of hydrogen-bond donors (Lipinski definition) is 2. The van der Waals surface area contributed by atoms with Crippen molar-refractivity contribution in [2.24, 2.45) is 0 Å². The number of H-pyrrole nitrogens is 1. The fourth-order valence-corrected chi connectivity index (χ4v) is 1.56. The molecular formula is C10H12N3O2+. The van der Waals surface area contributed by atoms with Crippen molar-refractivity contribution in [1.29, 1.82) is 0 Å². The first-order valence-electron chi connectivity index (χ1n) is 4.54. The van der Waals surface area contributed by atoms with E-state index in [9.17, 15) is 4.79 Å². The van der Waals surface area contributed by atoms with E-state index in [1.165, 1.54) is 0 Å². The average Bonchev–Trinajstić information content (AvgIpc) is 2.56. The van der Waals surface area contributed by atoms with Crippen LogP contribution in [0.25, 0.3) is 5.52 Å². The highest BCUT2D eigenvalue weighted by molar-refractivity contribution is 5.92. The quantitative estimate of drug-likeness (QED) is 0.704. The molecule has 5 heteroatoms. The van der Waals surface area contributed by atoms with Gasteiger partial charge in [0.25, 0.3) is 0 Å². The molecule has 2 aromatic rings. The standard InChI is InChI=1S/C10H11N3O2/c1-12(2)10-11-8(9(14)15)7-5-3-4-6-13(7)10/h3-6H,1-2H3,(H,14,15)/p+1. The number of aromatic nitrogens is 2. The Hall–Kier alpha value is -2.04. The Balaban J connectivity index is 2.79. The Kier molecular flexibility index (Phi) is 2.07. The van der Waals surface area contributed by atoms with E-state index in [0.717, 1.165) is 5.95 Å². The number of hydrogen-bond acceptors (Lipinski definition) is 2. The lowest BCUT2D eigenvalue weighted by Gasteiger charge is -2.00. The highest BCUT2D eigenvalue weighted by Gasteiger charge is 2.22. The first-order chi connectivity index (χ1) is 7.11. The van der Waals surface area contributed by atoms with Crippen LogP contribution in [0.1, 0.15) is 10.5 Å². The van der Waals surface area contributed by atoms with Gasteiger partial charge in [0.15, 0.2) is 5.52 Å². The van der Waals surface area contributed by atoms with Gasteiger partial charge < -0.3 is 5.11 Å². The van der Waals surface area contributed by atoms with Crippen LogP contribution in [0, 0.1) is 0 Å². The van der Waals surface area contributed by atoms with E-state index >= 15 is 0 Å². The van der Waals surface area contributed by atoms with Crippen LogP contribution in [-0.2, 0) is 0 Å². The first-order valence-corrected chi connectivity index (χ1v) is 4.54. The van der Waals surface area contributed by atoms with Gasteiger partial charge in [0.1, 0.15) is 0 Å². The lowest BCUT2D eigenvalue weighted by Crippen LogP contribution is -2.28. The van der Waals surface area contributed by atoms with Gasteiger partial charge in [-0.05, 0) is 12.1 Å². The number of aromatic amines is 1. The number of carbonyl (C=O) groups is 1. The molecule has 0 bridgehead atoms. The van der Waals surface area contributed by atoms with Crippen molar-refractivity contribution in [1.82, 2.24) is 4.98 Å².